The maximum atomic E-state index is 10.1. The molecule has 0 aliphatic carbocycles. The molecule has 3 aromatic carbocycles. The number of nitrogens with one attached hydrogen (secondary N) is 1. The Morgan fingerprint density at radius 1 is 1.00 bits per heavy atom. The molecule has 186 valence electrons. The Labute approximate surface area is 223 Å². The Morgan fingerprint density at radius 3 is 2.41 bits per heavy atom. The summed E-state index contributed by atoms with van der Waals surface area (Å²) in [6, 6.07) is 28.1. The number of hydrogen-bond donors (Lipinski definition) is 1. The van der Waals surface area contributed by atoms with Gasteiger partial charge in [0.05, 0.1) is 47.2 Å². The highest BCUT2D eigenvalue weighted by Crippen LogP contribution is 2.36. The highest BCUT2D eigenvalue weighted by Gasteiger charge is 2.34. The predicted octanol–water partition coefficient (Wildman–Crippen LogP) is 6.39. The van der Waals surface area contributed by atoms with E-state index >= 15 is 0 Å². The molecule has 1 N–H and O–H groups in total. The average molecular weight is 509 g/mol. The van der Waals surface area contributed by atoms with Crippen molar-refractivity contribution in [3.8, 4) is 17.8 Å². The molecule has 37 heavy (non-hydrogen) atoms. The van der Waals surface area contributed by atoms with Crippen molar-refractivity contribution < 1.29 is 0 Å². The maximum absolute atomic E-state index is 10.1. The second-order valence-electron chi connectivity index (χ2n) is 9.84. The van der Waals surface area contributed by atoms with Crippen molar-refractivity contribution in [2.24, 2.45) is 5.41 Å². The lowest BCUT2D eigenvalue weighted by Crippen LogP contribution is -2.42. The van der Waals surface area contributed by atoms with Gasteiger partial charge in [0.15, 0.2) is 0 Å². The lowest BCUT2D eigenvalue weighted by Gasteiger charge is -2.36. The van der Waals surface area contributed by atoms with E-state index in [1.807, 2.05) is 80.6 Å². The molecule has 1 heterocycles. The maximum Gasteiger partial charge on any atom is 0.0991 e. The minimum atomic E-state index is -0.700. The zero-order chi connectivity index (χ0) is 26.4. The molecule has 0 amide bonds. The van der Waals surface area contributed by atoms with E-state index in [0.29, 0.717) is 10.6 Å². The zero-order valence-corrected chi connectivity index (χ0v) is 21.9. The van der Waals surface area contributed by atoms with Crippen LogP contribution in [0.5, 0.6) is 0 Å². The van der Waals surface area contributed by atoms with Crippen molar-refractivity contribution in [1.82, 2.24) is 20.3 Å². The number of nitrogens with zero attached hydrogens (tertiary/aromatic N) is 5. The minimum Gasteiger partial charge on any atom is -0.305 e. The van der Waals surface area contributed by atoms with Crippen LogP contribution in [0.25, 0.3) is 5.69 Å². The van der Waals surface area contributed by atoms with Crippen LogP contribution in [0.15, 0.2) is 85.2 Å². The van der Waals surface area contributed by atoms with Crippen LogP contribution >= 0.6 is 11.6 Å². The molecule has 4 aromatic rings. The fourth-order valence-corrected chi connectivity index (χ4v) is 4.78. The monoisotopic (exact) mass is 508 g/mol. The van der Waals surface area contributed by atoms with Gasteiger partial charge in [-0.25, -0.2) is 4.68 Å². The molecule has 0 saturated heterocycles. The summed E-state index contributed by atoms with van der Waals surface area (Å²) in [7, 11) is 0. The van der Waals surface area contributed by atoms with E-state index < -0.39 is 5.41 Å². The smallest absolute Gasteiger partial charge is 0.0991 e. The highest BCUT2D eigenvalue weighted by molar-refractivity contribution is 6.30. The summed E-state index contributed by atoms with van der Waals surface area (Å²) in [4.78, 5) is 0. The van der Waals surface area contributed by atoms with Gasteiger partial charge in [0.25, 0.3) is 0 Å². The van der Waals surface area contributed by atoms with Gasteiger partial charge in [0.2, 0.25) is 0 Å². The van der Waals surface area contributed by atoms with Gasteiger partial charge < -0.3 is 5.32 Å². The average Bonchev–Trinajstić information content (AvgIpc) is 3.46. The van der Waals surface area contributed by atoms with Crippen LogP contribution < -0.4 is 5.32 Å². The Hall–Kier alpha value is -3.97. The standard InChI is InChI=1S/C30H29ClN6/c1-21(28(17-22-10-12-26(31)13-11-22)24-7-4-6-23(16-24)19-32)35-29(30(2,3)20-33)25-8-5-9-27(18-25)37-15-14-34-36-37/h4-16,18,21,28-29,35H,17H2,1-3H3/t21-,28+,29?/m0/s1. The van der Waals surface area contributed by atoms with E-state index in [1.54, 1.807) is 17.1 Å². The summed E-state index contributed by atoms with van der Waals surface area (Å²) in [5, 5.41) is 32.1. The van der Waals surface area contributed by atoms with E-state index in [0.717, 1.165) is 28.8 Å². The highest BCUT2D eigenvalue weighted by atomic mass is 35.5. The summed E-state index contributed by atoms with van der Waals surface area (Å²) in [5.41, 5.74) is 4.01. The third-order valence-corrected chi connectivity index (χ3v) is 7.00. The minimum absolute atomic E-state index is 0.0303. The molecule has 0 aliphatic rings. The molecular formula is C30H29ClN6. The number of rotatable bonds is 9. The molecule has 1 unspecified atom stereocenters. The van der Waals surface area contributed by atoms with Gasteiger partial charge >= 0.3 is 0 Å². The molecule has 0 radical (unpaired) electrons. The quantitative estimate of drug-likeness (QED) is 0.283. The zero-order valence-electron chi connectivity index (χ0n) is 21.1. The third-order valence-electron chi connectivity index (χ3n) is 6.75. The summed E-state index contributed by atoms with van der Waals surface area (Å²) < 4.78 is 1.71. The summed E-state index contributed by atoms with van der Waals surface area (Å²) in [6.45, 7) is 6.04. The first kappa shape index (κ1) is 26.1. The third kappa shape index (κ3) is 6.24. The number of aromatic nitrogens is 3. The molecule has 1 aromatic heterocycles. The van der Waals surface area contributed by atoms with Gasteiger partial charge in [-0.3, -0.25) is 0 Å². The van der Waals surface area contributed by atoms with Crippen LogP contribution in [0.1, 0.15) is 55.0 Å². The van der Waals surface area contributed by atoms with E-state index in [1.165, 1.54) is 0 Å². The van der Waals surface area contributed by atoms with Crippen molar-refractivity contribution in [2.45, 2.75) is 45.2 Å². The van der Waals surface area contributed by atoms with Crippen LogP contribution in [-0.2, 0) is 6.42 Å². The van der Waals surface area contributed by atoms with Crippen LogP contribution in [0.2, 0.25) is 5.02 Å². The van der Waals surface area contributed by atoms with Gasteiger partial charge in [-0.15, -0.1) is 5.10 Å². The van der Waals surface area contributed by atoms with E-state index in [-0.39, 0.29) is 18.0 Å². The Kier molecular flexibility index (Phi) is 8.04. The van der Waals surface area contributed by atoms with Crippen molar-refractivity contribution in [1.29, 1.82) is 10.5 Å². The molecule has 7 heteroatoms. The van der Waals surface area contributed by atoms with Crippen LogP contribution in [0.3, 0.4) is 0 Å². The molecule has 0 fully saturated rings. The van der Waals surface area contributed by atoms with Crippen LogP contribution in [-0.4, -0.2) is 21.0 Å². The second kappa shape index (κ2) is 11.4. The molecule has 0 aliphatic heterocycles. The fraction of sp³-hybridized carbons (Fsp3) is 0.267. The van der Waals surface area contributed by atoms with Gasteiger partial charge in [-0.05, 0) is 80.3 Å². The molecule has 0 spiro atoms. The van der Waals surface area contributed by atoms with Gasteiger partial charge in [0, 0.05) is 17.0 Å². The van der Waals surface area contributed by atoms with Gasteiger partial charge in [0.1, 0.15) is 0 Å². The molecule has 4 rings (SSSR count). The second-order valence-corrected chi connectivity index (χ2v) is 10.3. The fourth-order valence-electron chi connectivity index (χ4n) is 4.65. The van der Waals surface area contributed by atoms with E-state index in [2.05, 4.69) is 40.8 Å². The van der Waals surface area contributed by atoms with Crippen molar-refractivity contribution in [3.05, 3.63) is 112 Å². The topological polar surface area (TPSA) is 90.3 Å². The summed E-state index contributed by atoms with van der Waals surface area (Å²) >= 11 is 6.13. The molecule has 0 bridgehead atoms. The largest absolute Gasteiger partial charge is 0.305 e. The van der Waals surface area contributed by atoms with Gasteiger partial charge in [-0.2, -0.15) is 10.5 Å². The summed E-state index contributed by atoms with van der Waals surface area (Å²) in [5.74, 6) is 0.0463. The number of benzene rings is 3. The van der Waals surface area contributed by atoms with Crippen molar-refractivity contribution >= 4 is 11.6 Å². The van der Waals surface area contributed by atoms with Crippen molar-refractivity contribution in [2.75, 3.05) is 0 Å². The first-order valence-electron chi connectivity index (χ1n) is 12.2. The number of nitriles is 2. The number of hydrogen-bond acceptors (Lipinski definition) is 5. The van der Waals surface area contributed by atoms with Gasteiger partial charge in [-0.1, -0.05) is 53.2 Å². The predicted molar refractivity (Wildman–Crippen MR) is 145 cm³/mol. The first-order valence-corrected chi connectivity index (χ1v) is 12.6. The molecule has 0 saturated carbocycles. The van der Waals surface area contributed by atoms with Crippen molar-refractivity contribution in [3.63, 3.8) is 0 Å². The Balaban J connectivity index is 1.71. The first-order chi connectivity index (χ1) is 17.8. The summed E-state index contributed by atoms with van der Waals surface area (Å²) in [6.07, 6.45) is 4.18. The normalized spacial score (nSPS) is 13.8. The number of halogens is 1. The molecule has 3 atom stereocenters. The SMILES string of the molecule is C[C@H](NC(c1cccc(-n2ccnn2)c1)C(C)(C)C#N)[C@@H](Cc1ccc(Cl)cc1)c1cccc(C#N)c1. The lowest BCUT2D eigenvalue weighted by atomic mass is 9.79. The molecule has 6 nitrogen and oxygen atoms in total. The van der Waals surface area contributed by atoms with Crippen LogP contribution in [0.4, 0.5) is 0 Å². The Morgan fingerprint density at radius 2 is 1.73 bits per heavy atom. The Bertz CT molecular complexity index is 1410. The molecular weight excluding hydrogens is 480 g/mol. The van der Waals surface area contributed by atoms with Crippen LogP contribution in [0, 0.1) is 28.1 Å². The van der Waals surface area contributed by atoms with E-state index in [4.69, 9.17) is 11.6 Å². The lowest BCUT2D eigenvalue weighted by molar-refractivity contribution is 0.281. The van der Waals surface area contributed by atoms with E-state index in [9.17, 15) is 10.5 Å².